The molecule has 2 aromatic carbocycles. The smallest absolute Gasteiger partial charge is 0.254 e. The Kier molecular flexibility index (Phi) is 8.16. The molecule has 0 aliphatic heterocycles. The van der Waals surface area contributed by atoms with Crippen LogP contribution in [0.1, 0.15) is 47.8 Å². The number of benzene rings is 2. The van der Waals surface area contributed by atoms with Crippen LogP contribution in [-0.2, 0) is 13.1 Å². The summed E-state index contributed by atoms with van der Waals surface area (Å²) in [7, 11) is 3.31. The number of ether oxygens (including phenoxy) is 2. The molecule has 0 aliphatic rings. The molecule has 0 aliphatic carbocycles. The summed E-state index contributed by atoms with van der Waals surface area (Å²) >= 11 is 0. The predicted molar refractivity (Wildman–Crippen MR) is 124 cm³/mol. The van der Waals surface area contributed by atoms with Crippen molar-refractivity contribution in [3.05, 3.63) is 83.7 Å². The minimum Gasteiger partial charge on any atom is -0.497 e. The van der Waals surface area contributed by atoms with Crippen LogP contribution in [0, 0.1) is 0 Å². The van der Waals surface area contributed by atoms with E-state index in [1.165, 1.54) is 0 Å². The Morgan fingerprint density at radius 2 is 1.71 bits per heavy atom. The molecule has 0 unspecified atom stereocenters. The third-order valence-electron chi connectivity index (χ3n) is 5.42. The van der Waals surface area contributed by atoms with E-state index in [1.807, 2.05) is 53.4 Å². The fourth-order valence-electron chi connectivity index (χ4n) is 3.63. The number of carbonyl (C=O) groups is 1. The van der Waals surface area contributed by atoms with E-state index < -0.39 is 0 Å². The van der Waals surface area contributed by atoms with E-state index >= 15 is 0 Å². The first-order valence-electron chi connectivity index (χ1n) is 10.8. The van der Waals surface area contributed by atoms with Gasteiger partial charge in [0.1, 0.15) is 11.5 Å². The van der Waals surface area contributed by atoms with E-state index in [0.717, 1.165) is 55.1 Å². The van der Waals surface area contributed by atoms with Crippen LogP contribution < -0.4 is 9.47 Å². The van der Waals surface area contributed by atoms with Crippen molar-refractivity contribution in [1.29, 1.82) is 0 Å². The first kappa shape index (κ1) is 22.5. The number of hydrogen-bond acceptors (Lipinski definition) is 3. The van der Waals surface area contributed by atoms with Crippen molar-refractivity contribution in [2.75, 3.05) is 20.8 Å². The Bertz CT molecular complexity index is 963. The van der Waals surface area contributed by atoms with E-state index in [0.29, 0.717) is 12.1 Å². The molecule has 31 heavy (non-hydrogen) atoms. The number of nitrogens with zero attached hydrogens (tertiary/aromatic N) is 2. The molecule has 3 aromatic rings. The summed E-state index contributed by atoms with van der Waals surface area (Å²) in [5.41, 5.74) is 2.96. The minimum absolute atomic E-state index is 0.0490. The Morgan fingerprint density at radius 1 is 0.935 bits per heavy atom. The van der Waals surface area contributed by atoms with Crippen molar-refractivity contribution in [1.82, 2.24) is 9.47 Å². The molecule has 1 aromatic heterocycles. The SMILES string of the molecule is CCCCCN(Cc1cccn1Cc1cccc(OC)c1)C(=O)c1ccc(OC)cc1. The molecule has 0 spiro atoms. The second-order valence-corrected chi connectivity index (χ2v) is 7.64. The highest BCUT2D eigenvalue weighted by molar-refractivity contribution is 5.94. The standard InChI is InChI=1S/C26H32N2O3/c1-4-5-6-16-28(26(29)22-12-14-24(30-2)15-13-22)20-23-10-8-17-27(23)19-21-9-7-11-25(18-21)31-3/h7-15,17-18H,4-6,16,19-20H2,1-3H3. The lowest BCUT2D eigenvalue weighted by Gasteiger charge is -2.24. The molecule has 1 amide bonds. The van der Waals surface area contributed by atoms with E-state index in [4.69, 9.17) is 9.47 Å². The number of unbranched alkanes of at least 4 members (excludes halogenated alkanes) is 2. The van der Waals surface area contributed by atoms with Crippen LogP contribution in [0.2, 0.25) is 0 Å². The maximum Gasteiger partial charge on any atom is 0.254 e. The van der Waals surface area contributed by atoms with Gasteiger partial charge in [-0.25, -0.2) is 0 Å². The van der Waals surface area contributed by atoms with Crippen molar-refractivity contribution in [3.8, 4) is 11.5 Å². The zero-order valence-electron chi connectivity index (χ0n) is 18.7. The number of hydrogen-bond donors (Lipinski definition) is 0. The van der Waals surface area contributed by atoms with E-state index in [9.17, 15) is 4.79 Å². The molecule has 0 saturated carbocycles. The fourth-order valence-corrected chi connectivity index (χ4v) is 3.63. The van der Waals surface area contributed by atoms with E-state index in [2.05, 4.69) is 29.8 Å². The third-order valence-corrected chi connectivity index (χ3v) is 5.42. The lowest BCUT2D eigenvalue weighted by atomic mass is 10.1. The van der Waals surface area contributed by atoms with Gasteiger partial charge in [0.25, 0.3) is 5.91 Å². The van der Waals surface area contributed by atoms with Crippen LogP contribution in [0.15, 0.2) is 66.9 Å². The molecule has 1 heterocycles. The quantitative estimate of drug-likeness (QED) is 0.391. The highest BCUT2D eigenvalue weighted by atomic mass is 16.5. The second-order valence-electron chi connectivity index (χ2n) is 7.64. The summed E-state index contributed by atoms with van der Waals surface area (Å²) < 4.78 is 12.8. The van der Waals surface area contributed by atoms with Gasteiger partial charge in [0.05, 0.1) is 20.8 Å². The summed E-state index contributed by atoms with van der Waals surface area (Å²) in [5.74, 6) is 1.65. The molecule has 0 saturated heterocycles. The van der Waals surface area contributed by atoms with Gasteiger partial charge in [0, 0.05) is 30.5 Å². The van der Waals surface area contributed by atoms with Crippen LogP contribution in [0.3, 0.4) is 0 Å². The van der Waals surface area contributed by atoms with Gasteiger partial charge in [-0.2, -0.15) is 0 Å². The van der Waals surface area contributed by atoms with E-state index in [-0.39, 0.29) is 5.91 Å². The van der Waals surface area contributed by atoms with Gasteiger partial charge in [-0.3, -0.25) is 4.79 Å². The van der Waals surface area contributed by atoms with Crippen molar-refractivity contribution in [2.24, 2.45) is 0 Å². The zero-order valence-corrected chi connectivity index (χ0v) is 18.7. The zero-order chi connectivity index (χ0) is 22.1. The van der Waals surface area contributed by atoms with Crippen LogP contribution in [-0.4, -0.2) is 36.1 Å². The lowest BCUT2D eigenvalue weighted by Crippen LogP contribution is -2.32. The predicted octanol–water partition coefficient (Wildman–Crippen LogP) is 5.39. The third kappa shape index (κ3) is 6.14. The van der Waals surface area contributed by atoms with Crippen LogP contribution in [0.5, 0.6) is 11.5 Å². The van der Waals surface area contributed by atoms with Gasteiger partial charge < -0.3 is 18.9 Å². The number of methoxy groups -OCH3 is 2. The van der Waals surface area contributed by atoms with Gasteiger partial charge >= 0.3 is 0 Å². The monoisotopic (exact) mass is 420 g/mol. The first-order chi connectivity index (χ1) is 15.1. The van der Waals surface area contributed by atoms with Gasteiger partial charge in [0.15, 0.2) is 0 Å². The lowest BCUT2D eigenvalue weighted by molar-refractivity contribution is 0.0736. The normalized spacial score (nSPS) is 10.7. The molecule has 164 valence electrons. The molecule has 0 atom stereocenters. The number of rotatable bonds is 11. The fraction of sp³-hybridized carbons (Fsp3) is 0.346. The Balaban J connectivity index is 1.77. The molecule has 0 bridgehead atoms. The van der Waals surface area contributed by atoms with Gasteiger partial charge in [0.2, 0.25) is 0 Å². The largest absolute Gasteiger partial charge is 0.497 e. The summed E-state index contributed by atoms with van der Waals surface area (Å²) in [4.78, 5) is 15.2. The molecule has 5 heteroatoms. The Labute approximate surface area is 185 Å². The Morgan fingerprint density at radius 3 is 2.42 bits per heavy atom. The second kappa shape index (κ2) is 11.3. The molecule has 0 fully saturated rings. The maximum absolute atomic E-state index is 13.3. The van der Waals surface area contributed by atoms with Gasteiger partial charge in [-0.05, 0) is 60.5 Å². The van der Waals surface area contributed by atoms with Gasteiger partial charge in [-0.1, -0.05) is 31.9 Å². The van der Waals surface area contributed by atoms with Gasteiger partial charge in [-0.15, -0.1) is 0 Å². The van der Waals surface area contributed by atoms with Crippen molar-refractivity contribution in [3.63, 3.8) is 0 Å². The minimum atomic E-state index is 0.0490. The summed E-state index contributed by atoms with van der Waals surface area (Å²) in [5, 5.41) is 0. The molecular weight excluding hydrogens is 388 g/mol. The maximum atomic E-state index is 13.3. The average Bonchev–Trinajstić information content (AvgIpc) is 3.24. The Hall–Kier alpha value is -3.21. The topological polar surface area (TPSA) is 43.7 Å². The molecule has 5 nitrogen and oxygen atoms in total. The molecular formula is C26H32N2O3. The molecule has 0 N–H and O–H groups in total. The first-order valence-corrected chi connectivity index (χ1v) is 10.8. The van der Waals surface area contributed by atoms with Crippen molar-refractivity contribution >= 4 is 5.91 Å². The van der Waals surface area contributed by atoms with Crippen LogP contribution in [0.25, 0.3) is 0 Å². The highest BCUT2D eigenvalue weighted by Gasteiger charge is 2.17. The van der Waals surface area contributed by atoms with Crippen LogP contribution in [0.4, 0.5) is 0 Å². The summed E-state index contributed by atoms with van der Waals surface area (Å²) in [6.45, 7) is 4.22. The molecule has 3 rings (SSSR count). The van der Waals surface area contributed by atoms with Crippen molar-refractivity contribution < 1.29 is 14.3 Å². The number of aromatic nitrogens is 1. The average molecular weight is 421 g/mol. The highest BCUT2D eigenvalue weighted by Crippen LogP contribution is 2.18. The van der Waals surface area contributed by atoms with Crippen LogP contribution >= 0.6 is 0 Å². The van der Waals surface area contributed by atoms with Crippen molar-refractivity contribution in [2.45, 2.75) is 39.3 Å². The summed E-state index contributed by atoms with van der Waals surface area (Å²) in [6.07, 6.45) is 5.29. The van der Waals surface area contributed by atoms with E-state index in [1.54, 1.807) is 14.2 Å². The number of carbonyl (C=O) groups excluding carboxylic acids is 1. The molecule has 0 radical (unpaired) electrons. The number of amides is 1. The summed E-state index contributed by atoms with van der Waals surface area (Å²) in [6, 6.07) is 19.6.